The van der Waals surface area contributed by atoms with Crippen molar-refractivity contribution in [2.75, 3.05) is 6.54 Å². The molecule has 1 heterocycles. The molecule has 0 radical (unpaired) electrons. The minimum atomic E-state index is -1.25. The number of amides is 1. The Hall–Kier alpha value is -1.56. The second-order valence-electron chi connectivity index (χ2n) is 4.97. The van der Waals surface area contributed by atoms with E-state index in [1.54, 1.807) is 6.92 Å². The lowest BCUT2D eigenvalue weighted by Crippen LogP contribution is -2.42. The number of likely N-dealkylation sites (tertiary alicyclic amines) is 1. The van der Waals surface area contributed by atoms with Gasteiger partial charge in [0.25, 0.3) is 0 Å². The average molecular weight is 286 g/mol. The lowest BCUT2D eigenvalue weighted by molar-refractivity contribution is -0.133. The highest BCUT2D eigenvalue weighted by Crippen LogP contribution is 2.32. The van der Waals surface area contributed by atoms with Crippen LogP contribution in [0.4, 0.5) is 13.2 Å². The van der Waals surface area contributed by atoms with Crippen LogP contribution in [0.5, 0.6) is 0 Å². The zero-order valence-corrected chi connectivity index (χ0v) is 11.2. The van der Waals surface area contributed by atoms with Gasteiger partial charge in [0.2, 0.25) is 5.91 Å². The van der Waals surface area contributed by atoms with E-state index in [9.17, 15) is 18.0 Å². The number of rotatable bonds is 2. The van der Waals surface area contributed by atoms with Gasteiger partial charge in [-0.2, -0.15) is 0 Å². The van der Waals surface area contributed by atoms with Gasteiger partial charge in [-0.1, -0.05) is 0 Å². The van der Waals surface area contributed by atoms with Crippen LogP contribution < -0.4 is 5.73 Å². The van der Waals surface area contributed by atoms with Gasteiger partial charge in [0, 0.05) is 30.6 Å². The van der Waals surface area contributed by atoms with Crippen LogP contribution in [0.2, 0.25) is 0 Å². The lowest BCUT2D eigenvalue weighted by atomic mass is 9.95. The minimum Gasteiger partial charge on any atom is -0.334 e. The highest BCUT2D eigenvalue weighted by molar-refractivity contribution is 5.77. The number of carbonyl (C=O) groups is 1. The number of likely N-dealkylation sites (N-methyl/N-ethyl adjacent to an activating group) is 1. The van der Waals surface area contributed by atoms with Crippen molar-refractivity contribution in [2.24, 2.45) is 5.73 Å². The fourth-order valence-electron chi connectivity index (χ4n) is 2.71. The molecule has 0 spiro atoms. The van der Waals surface area contributed by atoms with E-state index >= 15 is 0 Å². The number of benzene rings is 1. The van der Waals surface area contributed by atoms with Crippen LogP contribution in [-0.4, -0.2) is 23.4 Å². The molecule has 0 bridgehead atoms. The maximum atomic E-state index is 14.0. The Morgan fingerprint density at radius 3 is 2.55 bits per heavy atom. The van der Waals surface area contributed by atoms with Crippen molar-refractivity contribution >= 4 is 5.91 Å². The molecule has 1 fully saturated rings. The van der Waals surface area contributed by atoms with E-state index in [4.69, 9.17) is 5.73 Å². The fraction of sp³-hybridized carbons (Fsp3) is 0.500. The van der Waals surface area contributed by atoms with Gasteiger partial charge in [0.05, 0.1) is 6.04 Å². The summed E-state index contributed by atoms with van der Waals surface area (Å²) in [5, 5.41) is 0. The molecule has 6 heteroatoms. The van der Waals surface area contributed by atoms with Crippen molar-refractivity contribution in [1.82, 2.24) is 4.90 Å². The van der Waals surface area contributed by atoms with E-state index in [0.717, 1.165) is 6.07 Å². The van der Waals surface area contributed by atoms with Crippen LogP contribution in [0.1, 0.15) is 37.8 Å². The first kappa shape index (κ1) is 14.8. The molecule has 1 saturated heterocycles. The molecule has 0 saturated carbocycles. The molecule has 2 N–H and O–H groups in total. The zero-order chi connectivity index (χ0) is 14.9. The Bertz CT molecular complexity index is 521. The van der Waals surface area contributed by atoms with Gasteiger partial charge in [0.1, 0.15) is 5.82 Å². The SMILES string of the molecule is CCN1C(=O)CCCC(N)C1c1cc(F)c(F)cc1F. The van der Waals surface area contributed by atoms with Gasteiger partial charge in [-0.3, -0.25) is 4.79 Å². The van der Waals surface area contributed by atoms with Crippen LogP contribution in [0, 0.1) is 17.5 Å². The monoisotopic (exact) mass is 286 g/mol. The topological polar surface area (TPSA) is 46.3 Å². The quantitative estimate of drug-likeness (QED) is 0.849. The third kappa shape index (κ3) is 2.65. The molecule has 20 heavy (non-hydrogen) atoms. The Kier molecular flexibility index (Phi) is 4.32. The molecule has 2 rings (SSSR count). The van der Waals surface area contributed by atoms with Gasteiger partial charge in [0.15, 0.2) is 11.6 Å². The summed E-state index contributed by atoms with van der Waals surface area (Å²) in [6, 6.07) is 0.0442. The second-order valence-corrected chi connectivity index (χ2v) is 4.97. The van der Waals surface area contributed by atoms with Crippen LogP contribution in [0.15, 0.2) is 12.1 Å². The summed E-state index contributed by atoms with van der Waals surface area (Å²) < 4.78 is 40.4. The summed E-state index contributed by atoms with van der Waals surface area (Å²) >= 11 is 0. The molecule has 0 aliphatic carbocycles. The number of nitrogens with zero attached hydrogens (tertiary/aromatic N) is 1. The lowest BCUT2D eigenvalue weighted by Gasteiger charge is -2.33. The minimum absolute atomic E-state index is 0.0616. The van der Waals surface area contributed by atoms with Crippen molar-refractivity contribution in [3.63, 3.8) is 0 Å². The van der Waals surface area contributed by atoms with Crippen LogP contribution in [-0.2, 0) is 4.79 Å². The number of nitrogens with two attached hydrogens (primary N) is 1. The highest BCUT2D eigenvalue weighted by atomic mass is 19.2. The summed E-state index contributed by atoms with van der Waals surface area (Å²) in [7, 11) is 0. The standard InChI is InChI=1S/C14H17F3N2O/c1-2-19-13(20)5-3-4-12(18)14(19)8-6-10(16)11(17)7-9(8)15/h6-7,12,14H,2-5,18H2,1H3. The van der Waals surface area contributed by atoms with Crippen LogP contribution >= 0.6 is 0 Å². The number of carbonyl (C=O) groups excluding carboxylic acids is 1. The molecule has 0 aromatic heterocycles. The first-order valence-corrected chi connectivity index (χ1v) is 6.65. The van der Waals surface area contributed by atoms with E-state index < -0.39 is 29.5 Å². The third-order valence-corrected chi connectivity index (χ3v) is 3.69. The van der Waals surface area contributed by atoms with Crippen molar-refractivity contribution in [3.05, 3.63) is 35.1 Å². The fourth-order valence-corrected chi connectivity index (χ4v) is 2.71. The van der Waals surface area contributed by atoms with Crippen molar-refractivity contribution in [3.8, 4) is 0 Å². The summed E-state index contributed by atoms with van der Waals surface area (Å²) in [6.45, 7) is 2.09. The van der Waals surface area contributed by atoms with Crippen molar-refractivity contribution in [1.29, 1.82) is 0 Å². The van der Waals surface area contributed by atoms with Crippen LogP contribution in [0.3, 0.4) is 0 Å². The average Bonchev–Trinajstić information content (AvgIpc) is 2.53. The predicted molar refractivity (Wildman–Crippen MR) is 68.3 cm³/mol. The normalized spacial score (nSPS) is 23.9. The number of halogens is 3. The number of hydrogen-bond acceptors (Lipinski definition) is 2. The van der Waals surface area contributed by atoms with Gasteiger partial charge in [-0.25, -0.2) is 13.2 Å². The smallest absolute Gasteiger partial charge is 0.223 e. The van der Waals surface area contributed by atoms with E-state index in [0.29, 0.717) is 31.9 Å². The predicted octanol–water partition coefficient (Wildman–Crippen LogP) is 2.50. The molecular formula is C14H17F3N2O. The van der Waals surface area contributed by atoms with E-state index in [1.807, 2.05) is 0 Å². The first-order chi connectivity index (χ1) is 9.45. The van der Waals surface area contributed by atoms with Gasteiger partial charge >= 0.3 is 0 Å². The molecule has 2 unspecified atom stereocenters. The maximum Gasteiger partial charge on any atom is 0.223 e. The first-order valence-electron chi connectivity index (χ1n) is 6.65. The molecule has 1 amide bonds. The number of hydrogen-bond donors (Lipinski definition) is 1. The van der Waals surface area contributed by atoms with Crippen molar-refractivity contribution in [2.45, 2.75) is 38.3 Å². The Labute approximate surface area is 115 Å². The zero-order valence-electron chi connectivity index (χ0n) is 11.2. The van der Waals surface area contributed by atoms with E-state index in [2.05, 4.69) is 0 Å². The molecule has 1 aromatic rings. The Morgan fingerprint density at radius 2 is 1.90 bits per heavy atom. The second kappa shape index (κ2) is 5.83. The summed E-state index contributed by atoms with van der Waals surface area (Å²) in [4.78, 5) is 13.5. The molecule has 1 aliphatic heterocycles. The Balaban J connectivity index is 2.50. The summed E-state index contributed by atoms with van der Waals surface area (Å²) in [6.07, 6.45) is 1.48. The van der Waals surface area contributed by atoms with Gasteiger partial charge < -0.3 is 10.6 Å². The van der Waals surface area contributed by atoms with E-state index in [-0.39, 0.29) is 11.5 Å². The summed E-state index contributed by atoms with van der Waals surface area (Å²) in [5.41, 5.74) is 5.96. The molecular weight excluding hydrogens is 269 g/mol. The molecule has 2 atom stereocenters. The van der Waals surface area contributed by atoms with Gasteiger partial charge in [-0.05, 0) is 25.8 Å². The maximum absolute atomic E-state index is 14.0. The molecule has 1 aromatic carbocycles. The molecule has 110 valence electrons. The molecule has 1 aliphatic rings. The third-order valence-electron chi connectivity index (χ3n) is 3.69. The molecule has 3 nitrogen and oxygen atoms in total. The largest absolute Gasteiger partial charge is 0.334 e. The van der Waals surface area contributed by atoms with Crippen LogP contribution in [0.25, 0.3) is 0 Å². The Morgan fingerprint density at radius 1 is 1.25 bits per heavy atom. The van der Waals surface area contributed by atoms with Gasteiger partial charge in [-0.15, -0.1) is 0 Å². The summed E-state index contributed by atoms with van der Waals surface area (Å²) in [5.74, 6) is -3.41. The highest BCUT2D eigenvalue weighted by Gasteiger charge is 2.34. The van der Waals surface area contributed by atoms with Crippen molar-refractivity contribution < 1.29 is 18.0 Å². The van der Waals surface area contributed by atoms with E-state index in [1.165, 1.54) is 4.90 Å².